The van der Waals surface area contributed by atoms with Crippen LogP contribution in [0.4, 0.5) is 0 Å². The number of carboxylic acid groups (broad SMARTS) is 1. The molecule has 0 aliphatic heterocycles. The van der Waals surface area contributed by atoms with Crippen LogP contribution in [0.1, 0.15) is 38.1 Å². The van der Waals surface area contributed by atoms with Gasteiger partial charge in [0, 0.05) is 24.8 Å². The molecule has 0 saturated heterocycles. The molecule has 1 N–H and O–H groups in total. The smallest absolute Gasteiger partial charge is 0.323 e. The molecule has 0 aliphatic carbocycles. The third-order valence-corrected chi connectivity index (χ3v) is 3.49. The van der Waals surface area contributed by atoms with Crippen molar-refractivity contribution in [1.82, 2.24) is 14.7 Å². The van der Waals surface area contributed by atoms with Crippen LogP contribution in [0.15, 0.2) is 6.20 Å². The Labute approximate surface area is 102 Å². The van der Waals surface area contributed by atoms with Crippen molar-refractivity contribution in [3.63, 3.8) is 0 Å². The molecule has 1 unspecified atom stereocenters. The fourth-order valence-corrected chi connectivity index (χ4v) is 1.87. The number of aliphatic carboxylic acids is 1. The number of carboxylic acids is 1. The molecule has 5 heteroatoms. The molecule has 1 rings (SSSR count). The van der Waals surface area contributed by atoms with E-state index in [-0.39, 0.29) is 6.04 Å². The maximum absolute atomic E-state index is 11.2. The Hall–Kier alpha value is -1.36. The van der Waals surface area contributed by atoms with Crippen molar-refractivity contribution in [3.8, 4) is 0 Å². The van der Waals surface area contributed by atoms with Gasteiger partial charge in [0.15, 0.2) is 0 Å². The Morgan fingerprint density at radius 2 is 2.12 bits per heavy atom. The highest BCUT2D eigenvalue weighted by atomic mass is 16.4. The van der Waals surface area contributed by atoms with E-state index in [0.717, 1.165) is 11.3 Å². The number of hydrogen-bond donors (Lipinski definition) is 1. The molecule has 0 radical (unpaired) electrons. The van der Waals surface area contributed by atoms with Crippen LogP contribution in [-0.2, 0) is 11.8 Å². The van der Waals surface area contributed by atoms with Crippen molar-refractivity contribution in [1.29, 1.82) is 0 Å². The van der Waals surface area contributed by atoms with E-state index < -0.39 is 11.5 Å². The van der Waals surface area contributed by atoms with Gasteiger partial charge < -0.3 is 5.11 Å². The lowest BCUT2D eigenvalue weighted by atomic mass is 9.99. The zero-order valence-electron chi connectivity index (χ0n) is 11.4. The lowest BCUT2D eigenvalue weighted by molar-refractivity contribution is -0.149. The summed E-state index contributed by atoms with van der Waals surface area (Å²) in [6.07, 6.45) is 1.94. The van der Waals surface area contributed by atoms with Crippen LogP contribution in [0, 0.1) is 6.92 Å². The quantitative estimate of drug-likeness (QED) is 0.866. The summed E-state index contributed by atoms with van der Waals surface area (Å²) in [4.78, 5) is 13.1. The van der Waals surface area contributed by atoms with Gasteiger partial charge in [-0.2, -0.15) is 5.10 Å². The molecule has 5 nitrogen and oxygen atoms in total. The molecule has 1 atom stereocenters. The lowest BCUT2D eigenvalue weighted by Gasteiger charge is -2.36. The first-order valence-electron chi connectivity index (χ1n) is 5.64. The first-order valence-corrected chi connectivity index (χ1v) is 5.64. The van der Waals surface area contributed by atoms with Crippen molar-refractivity contribution in [3.05, 3.63) is 17.5 Å². The van der Waals surface area contributed by atoms with Crippen LogP contribution in [0.25, 0.3) is 0 Å². The highest BCUT2D eigenvalue weighted by Gasteiger charge is 2.35. The van der Waals surface area contributed by atoms with Gasteiger partial charge in [0.05, 0.1) is 5.69 Å². The molecule has 0 saturated carbocycles. The van der Waals surface area contributed by atoms with E-state index in [2.05, 4.69) is 5.10 Å². The standard InChI is InChI=1S/C12H21N3O2/c1-8-10(7-14(5)13-8)9(2)15(6)12(3,4)11(16)17/h7,9H,1-6H3,(H,16,17). The summed E-state index contributed by atoms with van der Waals surface area (Å²) in [6.45, 7) is 7.34. The predicted molar refractivity (Wildman–Crippen MR) is 65.8 cm³/mol. The largest absolute Gasteiger partial charge is 0.480 e. The number of aryl methyl sites for hydroxylation is 2. The number of aromatic nitrogens is 2. The molecule has 0 bridgehead atoms. The second-order valence-corrected chi connectivity index (χ2v) is 4.99. The van der Waals surface area contributed by atoms with Crippen LogP contribution in [0.2, 0.25) is 0 Å². The number of rotatable bonds is 4. The van der Waals surface area contributed by atoms with Crippen molar-refractivity contribution in [2.75, 3.05) is 7.05 Å². The lowest BCUT2D eigenvalue weighted by Crippen LogP contribution is -2.48. The summed E-state index contributed by atoms with van der Waals surface area (Å²) in [5.74, 6) is -0.826. The van der Waals surface area contributed by atoms with E-state index in [1.165, 1.54) is 0 Å². The summed E-state index contributed by atoms with van der Waals surface area (Å²) in [5, 5.41) is 13.5. The molecule has 0 spiro atoms. The zero-order chi connectivity index (χ0) is 13.4. The molecule has 17 heavy (non-hydrogen) atoms. The van der Waals surface area contributed by atoms with Crippen LogP contribution >= 0.6 is 0 Å². The molecule has 1 aromatic heterocycles. The summed E-state index contributed by atoms with van der Waals surface area (Å²) >= 11 is 0. The fraction of sp³-hybridized carbons (Fsp3) is 0.667. The molecule has 0 aromatic carbocycles. The molecule has 1 heterocycles. The van der Waals surface area contributed by atoms with Crippen LogP contribution in [0.3, 0.4) is 0 Å². The average Bonchev–Trinajstić information content (AvgIpc) is 2.55. The Bertz CT molecular complexity index is 423. The average molecular weight is 239 g/mol. The van der Waals surface area contributed by atoms with Gasteiger partial charge in [-0.25, -0.2) is 0 Å². The van der Waals surface area contributed by atoms with Gasteiger partial charge in [0.1, 0.15) is 5.54 Å². The first kappa shape index (κ1) is 13.7. The van der Waals surface area contributed by atoms with Gasteiger partial charge in [-0.1, -0.05) is 0 Å². The van der Waals surface area contributed by atoms with E-state index >= 15 is 0 Å². The Morgan fingerprint density at radius 1 is 1.59 bits per heavy atom. The second kappa shape index (κ2) is 4.49. The third-order valence-electron chi connectivity index (χ3n) is 3.49. The Balaban J connectivity index is 3.02. The normalized spacial score (nSPS) is 14.1. The van der Waals surface area contributed by atoms with Crippen LogP contribution in [-0.4, -0.2) is 38.3 Å². The molecule has 0 amide bonds. The van der Waals surface area contributed by atoms with Gasteiger partial charge in [0.25, 0.3) is 0 Å². The third kappa shape index (κ3) is 2.49. The molecule has 0 fully saturated rings. The number of hydrogen-bond acceptors (Lipinski definition) is 3. The summed E-state index contributed by atoms with van der Waals surface area (Å²) < 4.78 is 1.75. The van der Waals surface area contributed by atoms with E-state index in [0.29, 0.717) is 0 Å². The van der Waals surface area contributed by atoms with Crippen molar-refractivity contribution < 1.29 is 9.90 Å². The van der Waals surface area contributed by atoms with Gasteiger partial charge in [0.2, 0.25) is 0 Å². The minimum absolute atomic E-state index is 0.00907. The van der Waals surface area contributed by atoms with E-state index in [1.54, 1.807) is 18.5 Å². The summed E-state index contributed by atoms with van der Waals surface area (Å²) in [7, 11) is 3.69. The fourth-order valence-electron chi connectivity index (χ4n) is 1.87. The van der Waals surface area contributed by atoms with Gasteiger partial charge in [-0.05, 0) is 34.7 Å². The predicted octanol–water partition coefficient (Wildman–Crippen LogP) is 1.58. The second-order valence-electron chi connectivity index (χ2n) is 4.99. The van der Waals surface area contributed by atoms with Gasteiger partial charge >= 0.3 is 5.97 Å². The molecular weight excluding hydrogens is 218 g/mol. The van der Waals surface area contributed by atoms with Gasteiger partial charge in [-0.15, -0.1) is 0 Å². The SMILES string of the molecule is Cc1nn(C)cc1C(C)N(C)C(C)(C)C(=O)O. The molecular formula is C12H21N3O2. The topological polar surface area (TPSA) is 58.4 Å². The van der Waals surface area contributed by atoms with Crippen molar-refractivity contribution in [2.24, 2.45) is 7.05 Å². The highest BCUT2D eigenvalue weighted by molar-refractivity contribution is 5.77. The molecule has 0 aliphatic rings. The maximum atomic E-state index is 11.2. The minimum Gasteiger partial charge on any atom is -0.480 e. The van der Waals surface area contributed by atoms with Crippen LogP contribution < -0.4 is 0 Å². The monoisotopic (exact) mass is 239 g/mol. The van der Waals surface area contributed by atoms with Gasteiger partial charge in [-0.3, -0.25) is 14.4 Å². The van der Waals surface area contributed by atoms with Crippen LogP contribution in [0.5, 0.6) is 0 Å². The van der Waals surface area contributed by atoms with E-state index in [9.17, 15) is 9.90 Å². The highest BCUT2D eigenvalue weighted by Crippen LogP contribution is 2.27. The van der Waals surface area contributed by atoms with Crippen molar-refractivity contribution in [2.45, 2.75) is 39.3 Å². The number of likely N-dealkylation sites (N-methyl/N-ethyl adjacent to an activating group) is 1. The zero-order valence-corrected chi connectivity index (χ0v) is 11.4. The Kier molecular flexibility index (Phi) is 3.62. The van der Waals surface area contributed by atoms with E-state index in [4.69, 9.17) is 0 Å². The molecule has 1 aromatic rings. The minimum atomic E-state index is -0.901. The number of nitrogens with zero attached hydrogens (tertiary/aromatic N) is 3. The molecule has 96 valence electrons. The Morgan fingerprint density at radius 3 is 2.47 bits per heavy atom. The maximum Gasteiger partial charge on any atom is 0.323 e. The number of carbonyl (C=O) groups is 1. The van der Waals surface area contributed by atoms with E-state index in [1.807, 2.05) is 39.0 Å². The van der Waals surface area contributed by atoms with Crippen molar-refractivity contribution >= 4 is 5.97 Å². The summed E-state index contributed by atoms with van der Waals surface area (Å²) in [6, 6.07) is 0.00907. The first-order chi connectivity index (χ1) is 7.67. The summed E-state index contributed by atoms with van der Waals surface area (Å²) in [5.41, 5.74) is 1.10.